The zero-order valence-electron chi connectivity index (χ0n) is 35.5. The van der Waals surface area contributed by atoms with Crippen LogP contribution in [0.2, 0.25) is 0 Å². The summed E-state index contributed by atoms with van der Waals surface area (Å²) < 4.78 is 0. The van der Waals surface area contributed by atoms with E-state index >= 15 is 0 Å². The first kappa shape index (κ1) is 39.7. The zero-order valence-corrected chi connectivity index (χ0v) is 35.5. The van der Waals surface area contributed by atoms with E-state index in [9.17, 15) is 0 Å². The average molecular weight is 796 g/mol. The summed E-state index contributed by atoms with van der Waals surface area (Å²) in [7, 11) is 0. The van der Waals surface area contributed by atoms with Crippen LogP contribution in [-0.2, 0) is 0 Å². The second-order valence-corrected chi connectivity index (χ2v) is 16.0. The first-order chi connectivity index (χ1) is 30.5. The van der Waals surface area contributed by atoms with Gasteiger partial charge >= 0.3 is 0 Å². The number of nitrogens with zero attached hydrogens (tertiary/aromatic N) is 1. The molecule has 0 aliphatic rings. The Morgan fingerprint density at radius 2 is 0.629 bits per heavy atom. The lowest BCUT2D eigenvalue weighted by Crippen LogP contribution is -2.09. The third kappa shape index (κ3) is 8.61. The smallest absolute Gasteiger partial charge is 0.0468 e. The van der Waals surface area contributed by atoms with E-state index < -0.39 is 0 Å². The second kappa shape index (κ2) is 18.3. The predicted molar refractivity (Wildman–Crippen MR) is 269 cm³/mol. The summed E-state index contributed by atoms with van der Waals surface area (Å²) in [5, 5.41) is 10.0. The van der Waals surface area contributed by atoms with Crippen LogP contribution in [-0.4, -0.2) is 0 Å². The highest BCUT2D eigenvalue weighted by molar-refractivity contribution is 6.22. The van der Waals surface area contributed by atoms with Crippen molar-refractivity contribution in [3.63, 3.8) is 0 Å². The third-order valence-electron chi connectivity index (χ3n) is 11.5. The van der Waals surface area contributed by atoms with E-state index in [4.69, 9.17) is 0 Å². The monoisotopic (exact) mass is 795 g/mol. The van der Waals surface area contributed by atoms with Crippen molar-refractivity contribution >= 4 is 60.2 Å². The highest BCUT2D eigenvalue weighted by Crippen LogP contribution is 2.47. The fraction of sp³-hybridized carbons (Fsp3) is 0.0492. The van der Waals surface area contributed by atoms with Crippen LogP contribution in [0.1, 0.15) is 16.7 Å². The molecule has 0 amide bonds. The Morgan fingerprint density at radius 1 is 0.242 bits per heavy atom. The molecule has 0 atom stereocenters. The first-order valence-corrected chi connectivity index (χ1v) is 21.4. The minimum Gasteiger partial charge on any atom is -0.310 e. The van der Waals surface area contributed by atoms with Crippen molar-refractivity contribution in [3.05, 3.63) is 259 Å². The molecule has 0 aromatic heterocycles. The number of rotatable bonds is 5. The van der Waals surface area contributed by atoms with Gasteiger partial charge in [-0.25, -0.2) is 0 Å². The van der Waals surface area contributed by atoms with E-state index in [1.165, 1.54) is 82.0 Å². The molecule has 298 valence electrons. The summed E-state index contributed by atoms with van der Waals surface area (Å²) in [6.45, 7) is 6.37. The maximum absolute atomic E-state index is 2.41. The second-order valence-electron chi connectivity index (χ2n) is 16.0. The van der Waals surface area contributed by atoms with Crippen molar-refractivity contribution in [2.45, 2.75) is 20.8 Å². The lowest BCUT2D eigenvalue weighted by Gasteiger charge is -2.27. The molecule has 0 spiro atoms. The zero-order chi connectivity index (χ0) is 42.3. The predicted octanol–water partition coefficient (Wildman–Crippen LogP) is 17.4. The molecular formula is C61H49N. The molecule has 11 aromatic carbocycles. The Kier molecular flexibility index (Phi) is 11.7. The maximum atomic E-state index is 2.41. The van der Waals surface area contributed by atoms with Crippen LogP contribution in [0, 0.1) is 20.8 Å². The van der Waals surface area contributed by atoms with E-state index in [2.05, 4.69) is 232 Å². The van der Waals surface area contributed by atoms with E-state index in [1.54, 1.807) is 0 Å². The van der Waals surface area contributed by atoms with Gasteiger partial charge in [0.15, 0.2) is 0 Å². The Balaban J connectivity index is 0.000000298. The van der Waals surface area contributed by atoms with Crippen LogP contribution in [0.25, 0.3) is 65.3 Å². The van der Waals surface area contributed by atoms with Gasteiger partial charge in [0.25, 0.3) is 0 Å². The third-order valence-corrected chi connectivity index (χ3v) is 11.5. The molecule has 11 aromatic rings. The van der Waals surface area contributed by atoms with Crippen molar-refractivity contribution in [3.8, 4) is 22.3 Å². The van der Waals surface area contributed by atoms with Gasteiger partial charge in [-0.2, -0.15) is 0 Å². The quantitative estimate of drug-likeness (QED) is 0.157. The first-order valence-electron chi connectivity index (χ1n) is 21.4. The SMILES string of the molecule is Cc1ccc2c(-c3ccc4ccccc4c3)c3cc(N(c4ccccc4)c4ccccc4)ccc3c(-c3ccc4ccccc4c3)c2c1.Cc1ccccc1.Cc1ccccc1. The van der Waals surface area contributed by atoms with Crippen LogP contribution in [0.15, 0.2) is 243 Å². The lowest BCUT2D eigenvalue weighted by atomic mass is 9.84. The highest BCUT2D eigenvalue weighted by Gasteiger charge is 2.20. The maximum Gasteiger partial charge on any atom is 0.0468 e. The molecular weight excluding hydrogens is 747 g/mol. The molecule has 0 radical (unpaired) electrons. The van der Waals surface area contributed by atoms with Crippen LogP contribution in [0.5, 0.6) is 0 Å². The van der Waals surface area contributed by atoms with Gasteiger partial charge in [0.05, 0.1) is 0 Å². The van der Waals surface area contributed by atoms with Crippen LogP contribution in [0.4, 0.5) is 17.1 Å². The standard InChI is InChI=1S/C47H33N.2C7H8/c1-32-20-26-42-44(28-32)46(37-23-21-33-12-8-10-14-35(33)29-37)43-27-25-41(48(39-16-4-2-5-17-39)40-18-6-3-7-19-40)31-45(43)47(42)38-24-22-34-13-9-11-15-36(34)30-38;2*1-7-5-3-2-4-6-7/h2-31H,1H3;2*2-6H,1H3. The summed E-state index contributed by atoms with van der Waals surface area (Å²) in [5.41, 5.74) is 12.3. The molecule has 0 heterocycles. The van der Waals surface area contributed by atoms with E-state index in [-0.39, 0.29) is 0 Å². The summed E-state index contributed by atoms with van der Waals surface area (Å²) in [6.07, 6.45) is 0. The molecule has 1 nitrogen and oxygen atoms in total. The Bertz CT molecular complexity index is 3170. The van der Waals surface area contributed by atoms with Crippen molar-refractivity contribution in [1.82, 2.24) is 0 Å². The molecule has 0 bridgehead atoms. The summed E-state index contributed by atoms with van der Waals surface area (Å²) in [4.78, 5) is 2.36. The molecule has 0 aliphatic heterocycles. The minimum absolute atomic E-state index is 1.12. The highest BCUT2D eigenvalue weighted by atomic mass is 15.1. The van der Waals surface area contributed by atoms with Crippen LogP contribution < -0.4 is 4.90 Å². The normalized spacial score (nSPS) is 10.8. The van der Waals surface area contributed by atoms with Gasteiger partial charge in [-0.15, -0.1) is 0 Å². The minimum atomic E-state index is 1.12. The van der Waals surface area contributed by atoms with Gasteiger partial charge in [0.2, 0.25) is 0 Å². The largest absolute Gasteiger partial charge is 0.310 e. The van der Waals surface area contributed by atoms with E-state index in [0.717, 1.165) is 17.1 Å². The van der Waals surface area contributed by atoms with Gasteiger partial charge in [-0.05, 0) is 135 Å². The summed E-state index contributed by atoms with van der Waals surface area (Å²) >= 11 is 0. The molecule has 0 unspecified atom stereocenters. The Morgan fingerprint density at radius 3 is 1.06 bits per heavy atom. The van der Waals surface area contributed by atoms with Gasteiger partial charge in [-0.3, -0.25) is 0 Å². The summed E-state index contributed by atoms with van der Waals surface area (Å²) in [6, 6.07) is 87.0. The van der Waals surface area contributed by atoms with Crippen molar-refractivity contribution in [1.29, 1.82) is 0 Å². The molecule has 11 rings (SSSR count). The topological polar surface area (TPSA) is 3.24 Å². The van der Waals surface area contributed by atoms with Gasteiger partial charge in [-0.1, -0.05) is 211 Å². The number of fused-ring (bicyclic) bond motifs is 4. The Hall–Kier alpha value is -7.74. The lowest BCUT2D eigenvalue weighted by molar-refractivity contribution is 1.29. The number of anilines is 3. The van der Waals surface area contributed by atoms with Gasteiger partial charge in [0, 0.05) is 17.1 Å². The molecule has 0 N–H and O–H groups in total. The molecule has 0 saturated carbocycles. The number of benzene rings is 11. The fourth-order valence-corrected chi connectivity index (χ4v) is 8.45. The molecule has 62 heavy (non-hydrogen) atoms. The molecule has 0 aliphatic carbocycles. The van der Waals surface area contributed by atoms with Crippen LogP contribution in [0.3, 0.4) is 0 Å². The van der Waals surface area contributed by atoms with Gasteiger partial charge in [0.1, 0.15) is 0 Å². The average Bonchev–Trinajstić information content (AvgIpc) is 3.32. The molecule has 0 saturated heterocycles. The van der Waals surface area contributed by atoms with Crippen LogP contribution >= 0.6 is 0 Å². The summed E-state index contributed by atoms with van der Waals surface area (Å²) in [5.74, 6) is 0. The molecule has 0 fully saturated rings. The Labute approximate surface area is 365 Å². The fourth-order valence-electron chi connectivity index (χ4n) is 8.45. The van der Waals surface area contributed by atoms with Crippen molar-refractivity contribution in [2.75, 3.05) is 4.90 Å². The number of aryl methyl sites for hydroxylation is 3. The number of hydrogen-bond donors (Lipinski definition) is 0. The van der Waals surface area contributed by atoms with Crippen molar-refractivity contribution in [2.24, 2.45) is 0 Å². The van der Waals surface area contributed by atoms with Gasteiger partial charge < -0.3 is 4.90 Å². The van der Waals surface area contributed by atoms with E-state index in [0.29, 0.717) is 0 Å². The number of hydrogen-bond acceptors (Lipinski definition) is 1. The van der Waals surface area contributed by atoms with E-state index in [1.807, 2.05) is 36.4 Å². The molecule has 1 heteroatoms. The van der Waals surface area contributed by atoms with Crippen molar-refractivity contribution < 1.29 is 0 Å². The number of para-hydroxylation sites is 2.